The molecule has 39 heavy (non-hydrogen) atoms. The van der Waals surface area contributed by atoms with E-state index in [1.54, 1.807) is 26.3 Å². The van der Waals surface area contributed by atoms with Crippen molar-refractivity contribution in [3.8, 4) is 0 Å². The SMILES string of the molecule is CC(C)(C)OC(=O)CON=C(C(=O)NC1C(=O)N2C(C(=O)[O-])=C(CSc3nncs3)CS[C@H]12)[s+]1ncc(N)n1. The number of hydrogen-bond donors (Lipinski definition) is 2. The number of aromatic nitrogens is 4. The Bertz CT molecular complexity index is 1340. The zero-order valence-electron chi connectivity index (χ0n) is 20.7. The number of nitrogens with zero attached hydrogens (tertiary/aromatic N) is 6. The van der Waals surface area contributed by atoms with Gasteiger partial charge in [-0.15, -0.1) is 22.0 Å². The highest BCUT2D eigenvalue weighted by atomic mass is 32.2. The van der Waals surface area contributed by atoms with E-state index in [-0.39, 0.29) is 22.3 Å². The second-order valence-electron chi connectivity index (χ2n) is 8.87. The largest absolute Gasteiger partial charge is 0.543 e. The van der Waals surface area contributed by atoms with Gasteiger partial charge < -0.3 is 30.5 Å². The molecule has 2 unspecified atom stereocenters. The molecule has 2 aromatic heterocycles. The van der Waals surface area contributed by atoms with E-state index < -0.39 is 58.2 Å². The summed E-state index contributed by atoms with van der Waals surface area (Å²) >= 11 is 3.91. The van der Waals surface area contributed by atoms with Crippen LogP contribution in [0, 0.1) is 0 Å². The first-order valence-electron chi connectivity index (χ1n) is 11.1. The van der Waals surface area contributed by atoms with Crippen molar-refractivity contribution < 1.29 is 33.9 Å². The molecule has 0 aliphatic carbocycles. The van der Waals surface area contributed by atoms with Crippen LogP contribution in [0.5, 0.6) is 0 Å². The summed E-state index contributed by atoms with van der Waals surface area (Å²) < 4.78 is 13.8. The van der Waals surface area contributed by atoms with Gasteiger partial charge in [-0.1, -0.05) is 23.1 Å². The van der Waals surface area contributed by atoms with E-state index in [4.69, 9.17) is 15.3 Å². The van der Waals surface area contributed by atoms with Crippen molar-refractivity contribution in [1.29, 1.82) is 0 Å². The highest BCUT2D eigenvalue weighted by molar-refractivity contribution is 8.01. The van der Waals surface area contributed by atoms with Gasteiger partial charge in [0.05, 0.1) is 11.7 Å². The minimum absolute atomic E-state index is 0.0578. The molecule has 0 aromatic carbocycles. The molecule has 4 rings (SSSR count). The summed E-state index contributed by atoms with van der Waals surface area (Å²) in [5, 5.41) is 24.9. The van der Waals surface area contributed by atoms with Crippen LogP contribution < -0.4 is 16.2 Å². The molecule has 208 valence electrons. The number of thioether (sulfide) groups is 2. The number of esters is 1. The van der Waals surface area contributed by atoms with Gasteiger partial charge in [0.25, 0.3) is 16.8 Å². The molecule has 2 aliphatic rings. The molecule has 2 aromatic rings. The third kappa shape index (κ3) is 6.84. The number of nitrogens with one attached hydrogen (secondary N) is 1. The average Bonchev–Trinajstić information content (AvgIpc) is 3.53. The number of hydrogen-bond acceptors (Lipinski definition) is 16. The van der Waals surface area contributed by atoms with Crippen LogP contribution in [-0.4, -0.2) is 87.8 Å². The molecular weight excluding hydrogens is 593 g/mol. The first kappa shape index (κ1) is 28.7. The summed E-state index contributed by atoms with van der Waals surface area (Å²) in [6.45, 7) is 4.47. The number of fused-ring (bicyclic) bond motifs is 1. The summed E-state index contributed by atoms with van der Waals surface area (Å²) in [6, 6.07) is -1.05. The number of anilines is 1. The summed E-state index contributed by atoms with van der Waals surface area (Å²) in [5.74, 6) is -3.03. The zero-order valence-corrected chi connectivity index (χ0v) is 23.9. The number of rotatable bonds is 10. The first-order chi connectivity index (χ1) is 18.4. The van der Waals surface area contributed by atoms with Crippen molar-refractivity contribution in [3.63, 3.8) is 0 Å². The third-order valence-electron chi connectivity index (χ3n) is 4.83. The van der Waals surface area contributed by atoms with E-state index in [0.29, 0.717) is 15.7 Å². The Morgan fingerprint density at radius 1 is 1.38 bits per heavy atom. The predicted octanol–water partition coefficient (Wildman–Crippen LogP) is -0.624. The molecule has 4 heterocycles. The van der Waals surface area contributed by atoms with Crippen LogP contribution in [0.25, 0.3) is 0 Å². The van der Waals surface area contributed by atoms with Gasteiger partial charge in [0, 0.05) is 15.9 Å². The number of oxime groups is 1. The number of carboxylic acid groups (broad SMARTS) is 1. The molecule has 15 nitrogen and oxygen atoms in total. The Labute approximate surface area is 236 Å². The zero-order chi connectivity index (χ0) is 28.3. The van der Waals surface area contributed by atoms with E-state index >= 15 is 0 Å². The lowest BCUT2D eigenvalue weighted by Crippen LogP contribution is -2.71. The van der Waals surface area contributed by atoms with Crippen LogP contribution in [0.2, 0.25) is 0 Å². The summed E-state index contributed by atoms with van der Waals surface area (Å²) in [5.41, 5.74) is 6.73. The maximum absolute atomic E-state index is 13.1. The Balaban J connectivity index is 1.46. The third-order valence-corrected chi connectivity index (χ3v) is 9.41. The number of ether oxygens (including phenoxy) is 1. The molecule has 0 radical (unpaired) electrons. The molecule has 2 amide bonds. The lowest BCUT2D eigenvalue weighted by Gasteiger charge is -2.50. The number of nitrogens with two attached hydrogens (primary N) is 1. The first-order valence-corrected chi connectivity index (χ1v) is 15.1. The topological polar surface area (TPSA) is 215 Å². The molecule has 2 aliphatic heterocycles. The van der Waals surface area contributed by atoms with E-state index in [1.807, 2.05) is 0 Å². The Kier molecular flexibility index (Phi) is 8.72. The van der Waals surface area contributed by atoms with Gasteiger partial charge in [0.2, 0.25) is 12.4 Å². The Morgan fingerprint density at radius 2 is 2.15 bits per heavy atom. The van der Waals surface area contributed by atoms with Crippen molar-refractivity contribution in [2.24, 2.45) is 5.16 Å². The fourth-order valence-electron chi connectivity index (χ4n) is 3.38. The summed E-state index contributed by atoms with van der Waals surface area (Å²) in [6.07, 6.45) is 1.24. The van der Waals surface area contributed by atoms with E-state index in [0.717, 1.165) is 4.90 Å². The Morgan fingerprint density at radius 3 is 2.77 bits per heavy atom. The van der Waals surface area contributed by atoms with Crippen molar-refractivity contribution in [2.45, 2.75) is 42.1 Å². The van der Waals surface area contributed by atoms with Gasteiger partial charge >= 0.3 is 16.9 Å². The van der Waals surface area contributed by atoms with Crippen molar-refractivity contribution in [2.75, 3.05) is 23.8 Å². The molecule has 1 saturated heterocycles. The van der Waals surface area contributed by atoms with Gasteiger partial charge in [-0.25, -0.2) is 4.79 Å². The molecule has 3 N–H and O–H groups in total. The maximum Gasteiger partial charge on any atom is 0.419 e. The van der Waals surface area contributed by atoms with Gasteiger partial charge in [-0.2, -0.15) is 0 Å². The van der Waals surface area contributed by atoms with Gasteiger partial charge in [-0.05, 0) is 35.9 Å². The fraction of sp³-hybridized carbons (Fsp3) is 0.450. The molecular formula is C20H22N8O7S4. The fourth-order valence-corrected chi connectivity index (χ4v) is 7.38. The highest BCUT2D eigenvalue weighted by Gasteiger charge is 2.53. The highest BCUT2D eigenvalue weighted by Crippen LogP contribution is 2.41. The lowest BCUT2D eigenvalue weighted by molar-refractivity contribution is -0.301. The van der Waals surface area contributed by atoms with E-state index in [9.17, 15) is 24.3 Å². The number of β-lactam (4-membered cyclic amide) rings is 1. The van der Waals surface area contributed by atoms with Gasteiger partial charge in [0.1, 0.15) is 28.7 Å². The Hall–Kier alpha value is -3.29. The molecule has 1 fully saturated rings. The number of carbonyl (C=O) groups is 4. The minimum atomic E-state index is -1.49. The lowest BCUT2D eigenvalue weighted by atomic mass is 10.0. The smallest absolute Gasteiger partial charge is 0.419 e. The average molecular weight is 615 g/mol. The monoisotopic (exact) mass is 614 g/mol. The number of nitrogen functional groups attached to an aromatic ring is 1. The van der Waals surface area contributed by atoms with Crippen LogP contribution >= 0.6 is 45.7 Å². The van der Waals surface area contributed by atoms with Crippen LogP contribution in [-0.2, 0) is 28.8 Å². The van der Waals surface area contributed by atoms with Crippen molar-refractivity contribution >= 4 is 80.3 Å². The molecule has 0 bridgehead atoms. The second kappa shape index (κ2) is 11.8. The van der Waals surface area contributed by atoms with E-state index in [1.165, 1.54) is 41.1 Å². The summed E-state index contributed by atoms with van der Waals surface area (Å²) in [7, 11) is -1.48. The van der Waals surface area contributed by atoms with Crippen LogP contribution in [0.4, 0.5) is 5.82 Å². The summed E-state index contributed by atoms with van der Waals surface area (Å²) in [4.78, 5) is 56.1. The van der Waals surface area contributed by atoms with Gasteiger partial charge in [-0.3, -0.25) is 14.5 Å². The molecule has 0 spiro atoms. The standard InChI is InChI=1S/C20H22N8O7S4/c1-20(2,3)35-11(29)5-34-26-15(39-23-4-10(21)27-39)14(30)24-12-16(31)28-13(18(32)33)9(6-36-17(12)28)7-37-19-25-22-8-38-19/h4,8,12,17H,5-7H2,1-3H3,(H3-,21,24,27,30,32,33)/t12?,17-,39?/m1/s1. The number of carboxylic acids is 1. The van der Waals surface area contributed by atoms with Crippen molar-refractivity contribution in [1.82, 2.24) is 29.2 Å². The van der Waals surface area contributed by atoms with Crippen molar-refractivity contribution in [3.05, 3.63) is 23.0 Å². The number of amides is 2. The minimum Gasteiger partial charge on any atom is -0.543 e. The molecule has 0 saturated carbocycles. The van der Waals surface area contributed by atoms with Gasteiger partial charge in [0.15, 0.2) is 4.34 Å². The van der Waals surface area contributed by atoms with Crippen LogP contribution in [0.3, 0.4) is 0 Å². The maximum atomic E-state index is 13.1. The second-order valence-corrected chi connectivity index (χ2v) is 13.3. The van der Waals surface area contributed by atoms with Crippen LogP contribution in [0.15, 0.2) is 32.5 Å². The van der Waals surface area contributed by atoms with Crippen LogP contribution in [0.1, 0.15) is 20.8 Å². The normalized spacial score (nSPS) is 19.8. The molecule has 3 atom stereocenters. The number of aliphatic carboxylic acids is 1. The number of carbonyl (C=O) groups excluding carboxylic acids is 4. The molecule has 19 heteroatoms. The predicted molar refractivity (Wildman–Crippen MR) is 141 cm³/mol. The van der Waals surface area contributed by atoms with E-state index in [2.05, 4.69) is 29.4 Å². The quantitative estimate of drug-likeness (QED) is 0.0852.